The van der Waals surface area contributed by atoms with Gasteiger partial charge in [-0.05, 0) is 77.7 Å². The van der Waals surface area contributed by atoms with E-state index >= 15 is 0 Å². The van der Waals surface area contributed by atoms with Crippen molar-refractivity contribution in [2.24, 2.45) is 0 Å². The summed E-state index contributed by atoms with van der Waals surface area (Å²) in [6.45, 7) is 0. The molecule has 0 fully saturated rings. The Morgan fingerprint density at radius 3 is 1.46 bits per heavy atom. The Morgan fingerprint density at radius 1 is 0.268 bits per heavy atom. The number of benzene rings is 9. The van der Waals surface area contributed by atoms with Gasteiger partial charge in [-0.25, -0.2) is 9.97 Å². The summed E-state index contributed by atoms with van der Waals surface area (Å²) in [4.78, 5) is 10.6. The molecule has 1 aliphatic rings. The van der Waals surface area contributed by atoms with E-state index in [1.165, 1.54) is 60.5 Å². The van der Waals surface area contributed by atoms with Gasteiger partial charge in [0.1, 0.15) is 0 Å². The SMILES string of the molecule is c1ccc(-c2nc(-c3ccccc3)c(-c3ccccc3)c(-c3ccc(-c4c(-c5ccc6c(c5)-c5cccc7cccc-6c57)ccc5ccccc45)cc3)n2)cc1. The van der Waals surface area contributed by atoms with Crippen LogP contribution in [0.1, 0.15) is 0 Å². The molecular weight excluding hydrogens is 677 g/mol. The van der Waals surface area contributed by atoms with Crippen molar-refractivity contribution < 1.29 is 0 Å². The van der Waals surface area contributed by atoms with Gasteiger partial charge in [0.2, 0.25) is 0 Å². The highest BCUT2D eigenvalue weighted by Crippen LogP contribution is 2.49. The molecule has 1 aromatic heterocycles. The molecule has 9 aromatic carbocycles. The first-order valence-electron chi connectivity index (χ1n) is 19.2. The molecule has 10 aromatic rings. The summed E-state index contributed by atoms with van der Waals surface area (Å²) in [6.07, 6.45) is 0. The van der Waals surface area contributed by atoms with E-state index in [2.05, 4.69) is 182 Å². The summed E-state index contributed by atoms with van der Waals surface area (Å²) in [5, 5.41) is 5.08. The summed E-state index contributed by atoms with van der Waals surface area (Å²) >= 11 is 0. The number of aromatic nitrogens is 2. The number of hydrogen-bond acceptors (Lipinski definition) is 2. The highest BCUT2D eigenvalue weighted by atomic mass is 14.9. The topological polar surface area (TPSA) is 25.8 Å². The standard InChI is InChI=1S/C54H34N2/c1-4-15-37(16-5-1)51-52(39-17-6-2-7-18-39)55-54(41-19-8-3-9-20-41)56-53(51)40-28-26-38(27-29-40)49-43-23-11-10-14-35(43)30-32-44(49)42-31-33-45-46-24-12-21-36-22-13-25-47(50(36)46)48(45)34-42/h1-34H. The Hall–Kier alpha value is -7.42. The minimum absolute atomic E-state index is 0.703. The fraction of sp³-hybridized carbons (Fsp3) is 0. The van der Waals surface area contributed by atoms with Gasteiger partial charge in [-0.2, -0.15) is 0 Å². The van der Waals surface area contributed by atoms with Crippen LogP contribution in [0.3, 0.4) is 0 Å². The maximum atomic E-state index is 5.35. The van der Waals surface area contributed by atoms with E-state index in [4.69, 9.17) is 9.97 Å². The first-order valence-corrected chi connectivity index (χ1v) is 19.2. The Balaban J connectivity index is 1.10. The van der Waals surface area contributed by atoms with Gasteiger partial charge in [-0.1, -0.05) is 200 Å². The zero-order valence-corrected chi connectivity index (χ0v) is 30.5. The first kappa shape index (κ1) is 32.0. The Kier molecular flexibility index (Phi) is 7.53. The van der Waals surface area contributed by atoms with E-state index in [9.17, 15) is 0 Å². The number of nitrogens with zero attached hydrogens (tertiary/aromatic N) is 2. The second-order valence-corrected chi connectivity index (χ2v) is 14.5. The van der Waals surface area contributed by atoms with Crippen LogP contribution >= 0.6 is 0 Å². The van der Waals surface area contributed by atoms with Gasteiger partial charge >= 0.3 is 0 Å². The van der Waals surface area contributed by atoms with Gasteiger partial charge in [0.05, 0.1) is 11.4 Å². The fourth-order valence-electron chi connectivity index (χ4n) is 8.65. The molecule has 0 amide bonds. The molecule has 11 rings (SSSR count). The highest BCUT2D eigenvalue weighted by molar-refractivity contribution is 6.16. The van der Waals surface area contributed by atoms with E-state index in [0.29, 0.717) is 5.82 Å². The lowest BCUT2D eigenvalue weighted by molar-refractivity contribution is 1.18. The van der Waals surface area contributed by atoms with Crippen molar-refractivity contribution in [3.8, 4) is 89.5 Å². The van der Waals surface area contributed by atoms with Crippen molar-refractivity contribution in [2.45, 2.75) is 0 Å². The molecule has 0 saturated heterocycles. The maximum Gasteiger partial charge on any atom is 0.160 e. The van der Waals surface area contributed by atoms with Gasteiger partial charge in [0.15, 0.2) is 5.82 Å². The lowest BCUT2D eigenvalue weighted by Gasteiger charge is -2.18. The summed E-state index contributed by atoms with van der Waals surface area (Å²) in [7, 11) is 0. The summed E-state index contributed by atoms with van der Waals surface area (Å²) in [6, 6.07) is 73.9. The smallest absolute Gasteiger partial charge is 0.160 e. The van der Waals surface area contributed by atoms with Crippen molar-refractivity contribution in [3.05, 3.63) is 206 Å². The van der Waals surface area contributed by atoms with Gasteiger partial charge in [-0.3, -0.25) is 0 Å². The van der Waals surface area contributed by atoms with Crippen LogP contribution in [0.15, 0.2) is 206 Å². The number of hydrogen-bond donors (Lipinski definition) is 0. The molecule has 2 heteroatoms. The van der Waals surface area contributed by atoms with Gasteiger partial charge < -0.3 is 0 Å². The van der Waals surface area contributed by atoms with Crippen LogP contribution in [0.2, 0.25) is 0 Å². The lowest BCUT2D eigenvalue weighted by Crippen LogP contribution is -2.00. The number of fused-ring (bicyclic) bond motifs is 4. The molecule has 0 bridgehead atoms. The van der Waals surface area contributed by atoms with Crippen LogP contribution in [0.5, 0.6) is 0 Å². The molecule has 1 heterocycles. The second-order valence-electron chi connectivity index (χ2n) is 14.5. The summed E-state index contributed by atoms with van der Waals surface area (Å²) < 4.78 is 0. The molecule has 0 atom stereocenters. The largest absolute Gasteiger partial charge is 0.227 e. The zero-order valence-electron chi connectivity index (χ0n) is 30.5. The summed E-state index contributed by atoms with van der Waals surface area (Å²) in [5.41, 5.74) is 17.0. The molecule has 0 unspecified atom stereocenters. The van der Waals surface area contributed by atoms with Crippen molar-refractivity contribution in [3.63, 3.8) is 0 Å². The van der Waals surface area contributed by atoms with E-state index in [1.54, 1.807) is 0 Å². The first-order chi connectivity index (χ1) is 27.8. The molecule has 56 heavy (non-hydrogen) atoms. The van der Waals surface area contributed by atoms with Gasteiger partial charge in [0, 0.05) is 22.3 Å². The average Bonchev–Trinajstić information content (AvgIpc) is 3.60. The van der Waals surface area contributed by atoms with E-state index in [1.807, 2.05) is 24.3 Å². The lowest BCUT2D eigenvalue weighted by atomic mass is 9.87. The Bertz CT molecular complexity index is 3090. The predicted molar refractivity (Wildman–Crippen MR) is 234 cm³/mol. The molecule has 2 nitrogen and oxygen atoms in total. The minimum Gasteiger partial charge on any atom is -0.227 e. The van der Waals surface area contributed by atoms with Crippen molar-refractivity contribution >= 4 is 21.5 Å². The molecular formula is C54H34N2. The third kappa shape index (κ3) is 5.26. The van der Waals surface area contributed by atoms with Crippen molar-refractivity contribution in [2.75, 3.05) is 0 Å². The van der Waals surface area contributed by atoms with Crippen molar-refractivity contribution in [1.82, 2.24) is 9.97 Å². The molecule has 0 aliphatic heterocycles. The monoisotopic (exact) mass is 710 g/mol. The number of rotatable bonds is 6. The Labute approximate surface area is 326 Å². The maximum absolute atomic E-state index is 5.35. The van der Waals surface area contributed by atoms with Crippen LogP contribution in [0.25, 0.3) is 111 Å². The van der Waals surface area contributed by atoms with Crippen LogP contribution in [0, 0.1) is 0 Å². The normalized spacial score (nSPS) is 11.6. The second kappa shape index (κ2) is 13.2. The molecule has 1 aliphatic carbocycles. The fourth-order valence-corrected chi connectivity index (χ4v) is 8.65. The molecule has 0 spiro atoms. The van der Waals surface area contributed by atoms with Crippen LogP contribution in [-0.4, -0.2) is 9.97 Å². The Morgan fingerprint density at radius 2 is 0.768 bits per heavy atom. The third-order valence-electron chi connectivity index (χ3n) is 11.2. The van der Waals surface area contributed by atoms with Crippen LogP contribution in [0.4, 0.5) is 0 Å². The zero-order chi connectivity index (χ0) is 37.0. The minimum atomic E-state index is 0.703. The van der Waals surface area contributed by atoms with Gasteiger partial charge in [0.25, 0.3) is 0 Å². The van der Waals surface area contributed by atoms with Crippen molar-refractivity contribution in [1.29, 1.82) is 0 Å². The third-order valence-corrected chi connectivity index (χ3v) is 11.2. The van der Waals surface area contributed by atoms with E-state index in [0.717, 1.165) is 44.8 Å². The van der Waals surface area contributed by atoms with E-state index in [-0.39, 0.29) is 0 Å². The van der Waals surface area contributed by atoms with E-state index < -0.39 is 0 Å². The molecule has 0 N–H and O–H groups in total. The van der Waals surface area contributed by atoms with Crippen LogP contribution < -0.4 is 0 Å². The van der Waals surface area contributed by atoms with Crippen LogP contribution in [-0.2, 0) is 0 Å². The molecule has 0 radical (unpaired) electrons. The predicted octanol–water partition coefficient (Wildman–Crippen LogP) is 14.4. The quantitative estimate of drug-likeness (QED) is 0.172. The highest BCUT2D eigenvalue weighted by Gasteiger charge is 2.23. The molecule has 0 saturated carbocycles. The van der Waals surface area contributed by atoms with Gasteiger partial charge in [-0.15, -0.1) is 0 Å². The molecule has 260 valence electrons. The summed E-state index contributed by atoms with van der Waals surface area (Å²) in [5.74, 6) is 0.703. The average molecular weight is 711 g/mol.